The number of nitrogens with zero attached hydrogens (tertiary/aromatic N) is 2. The van der Waals surface area contributed by atoms with Gasteiger partial charge in [0, 0.05) is 12.6 Å². The summed E-state index contributed by atoms with van der Waals surface area (Å²) in [7, 11) is 0. The minimum absolute atomic E-state index is 0.118. The fourth-order valence-electron chi connectivity index (χ4n) is 4.82. The van der Waals surface area contributed by atoms with Gasteiger partial charge in [0.2, 0.25) is 5.91 Å². The lowest BCUT2D eigenvalue weighted by Gasteiger charge is -2.51. The highest BCUT2D eigenvalue weighted by atomic mass is 32.2. The van der Waals surface area contributed by atoms with Crippen LogP contribution in [-0.2, 0) is 20.4 Å². The average molecular weight is 372 g/mol. The van der Waals surface area contributed by atoms with Crippen molar-refractivity contribution in [2.75, 3.05) is 19.6 Å². The Hall–Kier alpha value is -1.23. The van der Waals surface area contributed by atoms with Crippen molar-refractivity contribution >= 4 is 23.3 Å². The van der Waals surface area contributed by atoms with Gasteiger partial charge < -0.3 is 15.5 Å². The Kier molecular flexibility index (Phi) is 4.47. The Balaban J connectivity index is 1.33. The molecule has 0 radical (unpaired) electrons. The average Bonchev–Trinajstić information content (AvgIpc) is 2.79. The van der Waals surface area contributed by atoms with Crippen molar-refractivity contribution in [2.24, 2.45) is 5.41 Å². The molecule has 2 bridgehead atoms. The normalized spacial score (nSPS) is 32.6. The lowest BCUT2D eigenvalue weighted by Crippen LogP contribution is -2.58. The summed E-state index contributed by atoms with van der Waals surface area (Å²) in [5, 5.41) is 7.40. The molecule has 3 amide bonds. The molecule has 25 heavy (non-hydrogen) atoms. The summed E-state index contributed by atoms with van der Waals surface area (Å²) in [5.74, 6) is -0.118. The van der Waals surface area contributed by atoms with Crippen LogP contribution in [0.2, 0.25) is 0 Å². The van der Waals surface area contributed by atoms with E-state index in [0.717, 1.165) is 31.0 Å². The molecule has 0 aromatic carbocycles. The fourth-order valence-corrected chi connectivity index (χ4v) is 5.14. The van der Waals surface area contributed by atoms with Crippen LogP contribution in [0.5, 0.6) is 0 Å². The van der Waals surface area contributed by atoms with E-state index in [2.05, 4.69) is 14.9 Å². The molecule has 1 saturated carbocycles. The summed E-state index contributed by atoms with van der Waals surface area (Å²) in [6, 6.07) is -1.10. The van der Waals surface area contributed by atoms with Gasteiger partial charge in [-0.15, -0.1) is 4.28 Å². The molecular formula is C15H24N4O5S. The molecule has 3 saturated heterocycles. The van der Waals surface area contributed by atoms with Gasteiger partial charge in [-0.3, -0.25) is 9.35 Å². The van der Waals surface area contributed by atoms with Crippen molar-refractivity contribution in [2.45, 2.75) is 56.7 Å². The molecule has 3 N–H and O–H groups in total. The molecular weight excluding hydrogens is 348 g/mol. The molecule has 9 nitrogen and oxygen atoms in total. The number of rotatable bonds is 4. The molecule has 0 aromatic heterocycles. The van der Waals surface area contributed by atoms with Crippen LogP contribution in [0.3, 0.4) is 0 Å². The Morgan fingerprint density at radius 1 is 1.32 bits per heavy atom. The Labute approximate surface area is 148 Å². The monoisotopic (exact) mass is 372 g/mol. The van der Waals surface area contributed by atoms with Crippen LogP contribution in [0.1, 0.15) is 38.5 Å². The quantitative estimate of drug-likeness (QED) is 0.598. The van der Waals surface area contributed by atoms with E-state index in [1.165, 1.54) is 17.7 Å². The second kappa shape index (κ2) is 6.49. The summed E-state index contributed by atoms with van der Waals surface area (Å²) in [4.78, 5) is 26.4. The van der Waals surface area contributed by atoms with Gasteiger partial charge in [0.1, 0.15) is 6.04 Å². The van der Waals surface area contributed by atoms with E-state index in [9.17, 15) is 13.8 Å². The van der Waals surface area contributed by atoms with Crippen LogP contribution in [0, 0.1) is 5.41 Å². The van der Waals surface area contributed by atoms with Crippen molar-refractivity contribution in [1.82, 2.24) is 20.6 Å². The number of amides is 3. The largest absolute Gasteiger partial charge is 0.352 e. The zero-order valence-electron chi connectivity index (χ0n) is 14.0. The molecule has 10 heteroatoms. The first-order chi connectivity index (χ1) is 12.0. The van der Waals surface area contributed by atoms with Crippen molar-refractivity contribution in [3.63, 3.8) is 0 Å². The highest BCUT2D eigenvalue weighted by Gasteiger charge is 2.50. The summed E-state index contributed by atoms with van der Waals surface area (Å²) >= 11 is -2.54. The molecule has 4 rings (SSSR count). The van der Waals surface area contributed by atoms with E-state index in [1.807, 2.05) is 0 Å². The molecule has 140 valence electrons. The SMILES string of the molecule is O=C(NC1CC2(CCNCC2)C1)[C@@H]1CC[C@@H]2CN1C(=O)N2OS(=O)O. The Bertz CT molecular complexity index is 588. The molecule has 3 atom stereocenters. The molecule has 1 spiro atoms. The second-order valence-electron chi connectivity index (χ2n) is 7.66. The number of fused-ring (bicyclic) bond motifs is 2. The Morgan fingerprint density at radius 3 is 2.72 bits per heavy atom. The summed E-state index contributed by atoms with van der Waals surface area (Å²) < 4.78 is 24.4. The van der Waals surface area contributed by atoms with Crippen LogP contribution < -0.4 is 10.6 Å². The van der Waals surface area contributed by atoms with Crippen LogP contribution in [0.4, 0.5) is 4.79 Å². The zero-order chi connectivity index (χ0) is 17.6. The van der Waals surface area contributed by atoms with Gasteiger partial charge in [0.05, 0.1) is 6.04 Å². The number of carbonyl (C=O) groups is 2. The minimum Gasteiger partial charge on any atom is -0.352 e. The first kappa shape index (κ1) is 17.2. The lowest BCUT2D eigenvalue weighted by atomic mass is 9.60. The lowest BCUT2D eigenvalue weighted by molar-refractivity contribution is -0.128. The van der Waals surface area contributed by atoms with Gasteiger partial charge in [0.15, 0.2) is 0 Å². The third-order valence-electron chi connectivity index (χ3n) is 6.14. The van der Waals surface area contributed by atoms with Crippen LogP contribution in [0.15, 0.2) is 0 Å². The Morgan fingerprint density at radius 2 is 2.04 bits per heavy atom. The number of piperidine rings is 2. The molecule has 1 aliphatic carbocycles. The van der Waals surface area contributed by atoms with E-state index < -0.39 is 23.4 Å². The number of hydrogen-bond acceptors (Lipinski definition) is 5. The van der Waals surface area contributed by atoms with Crippen molar-refractivity contribution in [3.8, 4) is 0 Å². The number of hydrogen-bond donors (Lipinski definition) is 3. The van der Waals surface area contributed by atoms with Crippen LogP contribution in [0.25, 0.3) is 0 Å². The maximum Gasteiger partial charge on any atom is 0.346 e. The first-order valence-corrected chi connectivity index (χ1v) is 9.91. The molecule has 3 heterocycles. The number of urea groups is 1. The van der Waals surface area contributed by atoms with Gasteiger partial charge >= 0.3 is 17.4 Å². The van der Waals surface area contributed by atoms with Gasteiger partial charge in [-0.25, -0.2) is 4.79 Å². The van der Waals surface area contributed by atoms with E-state index in [1.54, 1.807) is 0 Å². The van der Waals surface area contributed by atoms with Gasteiger partial charge in [-0.05, 0) is 57.0 Å². The molecule has 3 aliphatic heterocycles. The maximum absolute atomic E-state index is 12.6. The van der Waals surface area contributed by atoms with E-state index >= 15 is 0 Å². The maximum atomic E-state index is 12.6. The second-order valence-corrected chi connectivity index (χ2v) is 8.25. The standard InChI is InChI=1S/C15H24N4O5S/c20-13(17-10-7-15(8-10)3-5-16-6-4-15)12-2-1-11-9-18(12)14(21)19(11)24-25(22)23/h10-12,16H,1-9H2,(H,17,20)(H,22,23)/t11-,12+/m1/s1. The van der Waals surface area contributed by atoms with E-state index in [-0.39, 0.29) is 18.0 Å². The van der Waals surface area contributed by atoms with Crippen LogP contribution >= 0.6 is 0 Å². The first-order valence-electron chi connectivity index (χ1n) is 8.88. The van der Waals surface area contributed by atoms with Gasteiger partial charge in [0.25, 0.3) is 0 Å². The van der Waals surface area contributed by atoms with E-state index in [4.69, 9.17) is 4.55 Å². The topological polar surface area (TPSA) is 111 Å². The predicted octanol–water partition coefficient (Wildman–Crippen LogP) is -0.0283. The predicted molar refractivity (Wildman–Crippen MR) is 88.3 cm³/mol. The molecule has 1 unspecified atom stereocenters. The third kappa shape index (κ3) is 3.16. The van der Waals surface area contributed by atoms with Crippen molar-refractivity contribution < 1.29 is 22.6 Å². The van der Waals surface area contributed by atoms with Crippen LogP contribution in [-0.4, -0.2) is 68.4 Å². The fraction of sp³-hybridized carbons (Fsp3) is 0.867. The highest BCUT2D eigenvalue weighted by molar-refractivity contribution is 7.74. The number of carbonyl (C=O) groups excluding carboxylic acids is 2. The van der Waals surface area contributed by atoms with Gasteiger partial charge in [-0.1, -0.05) is 0 Å². The summed E-state index contributed by atoms with van der Waals surface area (Å²) in [6.45, 7) is 2.46. The molecule has 4 aliphatic rings. The zero-order valence-corrected chi connectivity index (χ0v) is 14.8. The summed E-state index contributed by atoms with van der Waals surface area (Å²) in [6.07, 6.45) is 5.49. The van der Waals surface area contributed by atoms with E-state index in [0.29, 0.717) is 24.8 Å². The van der Waals surface area contributed by atoms with Crippen molar-refractivity contribution in [3.05, 3.63) is 0 Å². The third-order valence-corrected chi connectivity index (χ3v) is 6.43. The minimum atomic E-state index is -2.54. The molecule has 4 fully saturated rings. The highest BCUT2D eigenvalue weighted by Crippen LogP contribution is 2.48. The summed E-state index contributed by atoms with van der Waals surface area (Å²) in [5.41, 5.74) is 0.389. The van der Waals surface area contributed by atoms with Gasteiger partial charge in [-0.2, -0.15) is 9.27 Å². The molecule has 0 aromatic rings. The number of hydroxylamine groups is 2. The number of nitrogens with one attached hydrogen (secondary N) is 2. The smallest absolute Gasteiger partial charge is 0.346 e. The van der Waals surface area contributed by atoms with Crippen molar-refractivity contribution in [1.29, 1.82) is 0 Å².